The highest BCUT2D eigenvalue weighted by Gasteiger charge is 2.19. The van der Waals surface area contributed by atoms with E-state index in [1.807, 2.05) is 0 Å². The Labute approximate surface area is 65.5 Å². The summed E-state index contributed by atoms with van der Waals surface area (Å²) in [5, 5.41) is 24.9. The van der Waals surface area contributed by atoms with E-state index in [-0.39, 0.29) is 12.2 Å². The molecule has 4 nitrogen and oxygen atoms in total. The van der Waals surface area contributed by atoms with Gasteiger partial charge in [-0.1, -0.05) is 0 Å². The van der Waals surface area contributed by atoms with E-state index in [2.05, 4.69) is 0 Å². The molecule has 11 heavy (non-hydrogen) atoms. The molecule has 1 aliphatic carbocycles. The SMILES string of the molecule is CC(=O)O.OC1CCC(O)C1. The molecule has 0 bridgehead atoms. The van der Waals surface area contributed by atoms with E-state index >= 15 is 0 Å². The van der Waals surface area contributed by atoms with Crippen molar-refractivity contribution in [3.8, 4) is 0 Å². The van der Waals surface area contributed by atoms with Gasteiger partial charge in [0.25, 0.3) is 5.97 Å². The smallest absolute Gasteiger partial charge is 0.300 e. The Balaban J connectivity index is 0.000000218. The Kier molecular flexibility index (Phi) is 4.81. The maximum Gasteiger partial charge on any atom is 0.300 e. The fraction of sp³-hybridized carbons (Fsp3) is 0.857. The number of hydrogen-bond donors (Lipinski definition) is 3. The van der Waals surface area contributed by atoms with Gasteiger partial charge < -0.3 is 15.3 Å². The first-order valence-electron chi connectivity index (χ1n) is 3.58. The van der Waals surface area contributed by atoms with Crippen LogP contribution in [0.5, 0.6) is 0 Å². The first-order valence-corrected chi connectivity index (χ1v) is 3.58. The maximum absolute atomic E-state index is 9.00. The predicted molar refractivity (Wildman–Crippen MR) is 39.2 cm³/mol. The lowest BCUT2D eigenvalue weighted by molar-refractivity contribution is -0.134. The Morgan fingerprint density at radius 2 is 1.55 bits per heavy atom. The number of hydrogen-bond acceptors (Lipinski definition) is 3. The van der Waals surface area contributed by atoms with Crippen LogP contribution in [0.4, 0.5) is 0 Å². The summed E-state index contributed by atoms with van der Waals surface area (Å²) >= 11 is 0. The fourth-order valence-electron chi connectivity index (χ4n) is 0.935. The molecule has 1 saturated carbocycles. The van der Waals surface area contributed by atoms with E-state index in [1.165, 1.54) is 0 Å². The summed E-state index contributed by atoms with van der Waals surface area (Å²) in [6.07, 6.45) is 1.69. The summed E-state index contributed by atoms with van der Waals surface area (Å²) in [6.45, 7) is 1.08. The largest absolute Gasteiger partial charge is 0.481 e. The predicted octanol–water partition coefficient (Wildman–Crippen LogP) is -0.0170. The number of carbonyl (C=O) groups is 1. The fourth-order valence-corrected chi connectivity index (χ4v) is 0.935. The van der Waals surface area contributed by atoms with Crippen molar-refractivity contribution in [2.24, 2.45) is 0 Å². The van der Waals surface area contributed by atoms with Crippen molar-refractivity contribution in [3.05, 3.63) is 0 Å². The summed E-state index contributed by atoms with van der Waals surface area (Å²) in [6, 6.07) is 0. The highest BCUT2D eigenvalue weighted by molar-refractivity contribution is 5.62. The molecular weight excluding hydrogens is 148 g/mol. The van der Waals surface area contributed by atoms with Gasteiger partial charge in [-0.15, -0.1) is 0 Å². The topological polar surface area (TPSA) is 77.8 Å². The monoisotopic (exact) mass is 162 g/mol. The standard InChI is InChI=1S/C5H10O2.C2H4O2/c6-4-1-2-5(7)3-4;1-2(3)4/h4-7H,1-3H2;1H3,(H,3,4). The van der Waals surface area contributed by atoms with Gasteiger partial charge in [0.2, 0.25) is 0 Å². The molecule has 1 rings (SSSR count). The molecule has 0 heterocycles. The first kappa shape index (κ1) is 10.4. The molecule has 0 saturated heterocycles. The van der Waals surface area contributed by atoms with Gasteiger partial charge >= 0.3 is 0 Å². The molecule has 0 aliphatic heterocycles. The van der Waals surface area contributed by atoms with Crippen LogP contribution < -0.4 is 0 Å². The number of carboxylic acid groups (broad SMARTS) is 1. The number of aliphatic hydroxyl groups is 2. The molecule has 0 aromatic carbocycles. The minimum absolute atomic E-state index is 0.227. The third-order valence-corrected chi connectivity index (χ3v) is 1.38. The molecule has 2 atom stereocenters. The Bertz CT molecular complexity index is 112. The van der Waals surface area contributed by atoms with Gasteiger partial charge in [-0.25, -0.2) is 0 Å². The average molecular weight is 162 g/mol. The zero-order valence-electron chi connectivity index (χ0n) is 6.53. The molecule has 0 aromatic heterocycles. The third-order valence-electron chi connectivity index (χ3n) is 1.38. The number of aliphatic hydroxyl groups excluding tert-OH is 2. The lowest BCUT2D eigenvalue weighted by Gasteiger charge is -1.95. The van der Waals surface area contributed by atoms with Gasteiger partial charge in [0.05, 0.1) is 12.2 Å². The van der Waals surface area contributed by atoms with Crippen LogP contribution in [0.1, 0.15) is 26.2 Å². The van der Waals surface area contributed by atoms with E-state index in [1.54, 1.807) is 0 Å². The number of aliphatic carboxylic acids is 1. The molecule has 66 valence electrons. The van der Waals surface area contributed by atoms with Crippen LogP contribution in [0, 0.1) is 0 Å². The second-order valence-corrected chi connectivity index (χ2v) is 2.64. The van der Waals surface area contributed by atoms with Gasteiger partial charge in [-0.3, -0.25) is 4.79 Å². The molecule has 4 heteroatoms. The number of carboxylic acids is 1. The molecule has 1 aliphatic rings. The van der Waals surface area contributed by atoms with Crippen molar-refractivity contribution in [1.29, 1.82) is 0 Å². The average Bonchev–Trinajstić information content (AvgIpc) is 2.13. The van der Waals surface area contributed by atoms with E-state index in [0.717, 1.165) is 19.8 Å². The molecule has 3 N–H and O–H groups in total. The van der Waals surface area contributed by atoms with E-state index < -0.39 is 5.97 Å². The molecule has 1 fully saturated rings. The van der Waals surface area contributed by atoms with Crippen LogP contribution in [-0.2, 0) is 4.79 Å². The Hall–Kier alpha value is -0.610. The highest BCUT2D eigenvalue weighted by atomic mass is 16.4. The molecular formula is C7H14O4. The normalized spacial score (nSPS) is 29.0. The zero-order valence-corrected chi connectivity index (χ0v) is 6.53. The van der Waals surface area contributed by atoms with Crippen molar-refractivity contribution in [1.82, 2.24) is 0 Å². The van der Waals surface area contributed by atoms with Gasteiger partial charge in [-0.2, -0.15) is 0 Å². The molecule has 2 unspecified atom stereocenters. The molecule has 0 radical (unpaired) electrons. The van der Waals surface area contributed by atoms with Gasteiger partial charge in [0, 0.05) is 6.92 Å². The minimum Gasteiger partial charge on any atom is -0.481 e. The van der Waals surface area contributed by atoms with Crippen molar-refractivity contribution >= 4 is 5.97 Å². The van der Waals surface area contributed by atoms with Crippen LogP contribution in [0.3, 0.4) is 0 Å². The summed E-state index contributed by atoms with van der Waals surface area (Å²) < 4.78 is 0. The van der Waals surface area contributed by atoms with Crippen LogP contribution >= 0.6 is 0 Å². The second kappa shape index (κ2) is 5.09. The van der Waals surface area contributed by atoms with Gasteiger partial charge in [-0.05, 0) is 19.3 Å². The summed E-state index contributed by atoms with van der Waals surface area (Å²) in [7, 11) is 0. The summed E-state index contributed by atoms with van der Waals surface area (Å²) in [4.78, 5) is 9.00. The van der Waals surface area contributed by atoms with Crippen LogP contribution in [0.2, 0.25) is 0 Å². The number of rotatable bonds is 0. The summed E-state index contributed by atoms with van der Waals surface area (Å²) in [5.74, 6) is -0.833. The van der Waals surface area contributed by atoms with Crippen molar-refractivity contribution in [2.75, 3.05) is 0 Å². The van der Waals surface area contributed by atoms with E-state index in [9.17, 15) is 0 Å². The first-order chi connectivity index (χ1) is 5.02. The summed E-state index contributed by atoms with van der Waals surface area (Å²) in [5.41, 5.74) is 0. The van der Waals surface area contributed by atoms with Gasteiger partial charge in [0.1, 0.15) is 0 Å². The zero-order chi connectivity index (χ0) is 8.85. The Morgan fingerprint density at radius 1 is 1.27 bits per heavy atom. The van der Waals surface area contributed by atoms with E-state index in [0.29, 0.717) is 6.42 Å². The van der Waals surface area contributed by atoms with Crippen molar-refractivity contribution < 1.29 is 20.1 Å². The molecule has 0 spiro atoms. The van der Waals surface area contributed by atoms with Crippen LogP contribution in [-0.4, -0.2) is 33.5 Å². The third kappa shape index (κ3) is 7.29. The quantitative estimate of drug-likeness (QED) is 0.468. The van der Waals surface area contributed by atoms with Gasteiger partial charge in [0.15, 0.2) is 0 Å². The van der Waals surface area contributed by atoms with Crippen LogP contribution in [0.15, 0.2) is 0 Å². The maximum atomic E-state index is 9.00. The second-order valence-electron chi connectivity index (χ2n) is 2.64. The molecule has 0 aromatic rings. The lowest BCUT2D eigenvalue weighted by atomic mass is 10.3. The highest BCUT2D eigenvalue weighted by Crippen LogP contribution is 2.17. The van der Waals surface area contributed by atoms with Crippen LogP contribution in [0.25, 0.3) is 0 Å². The van der Waals surface area contributed by atoms with Crippen molar-refractivity contribution in [3.63, 3.8) is 0 Å². The lowest BCUT2D eigenvalue weighted by Crippen LogP contribution is -2.02. The Morgan fingerprint density at radius 3 is 1.64 bits per heavy atom. The van der Waals surface area contributed by atoms with Crippen molar-refractivity contribution in [2.45, 2.75) is 38.4 Å². The minimum atomic E-state index is -0.833. The molecule has 0 amide bonds. The van der Waals surface area contributed by atoms with E-state index in [4.69, 9.17) is 20.1 Å².